The smallest absolute Gasteiger partial charge is 0.327 e. The molecule has 2 atom stereocenters. The minimum Gasteiger partial charge on any atom is -0.480 e. The third-order valence-electron chi connectivity index (χ3n) is 5.92. The molecule has 8 nitrogen and oxygen atoms in total. The van der Waals surface area contributed by atoms with Crippen LogP contribution < -0.4 is 9.80 Å². The Labute approximate surface area is 169 Å². The molecule has 2 aromatic rings. The molecular weight excluding hydrogens is 372 g/mol. The molecule has 0 amide bonds. The lowest BCUT2D eigenvalue weighted by atomic mass is 10.1. The zero-order valence-corrected chi connectivity index (χ0v) is 16.1. The third-order valence-corrected chi connectivity index (χ3v) is 5.92. The van der Waals surface area contributed by atoms with E-state index < -0.39 is 16.9 Å². The van der Waals surface area contributed by atoms with Gasteiger partial charge in [-0.2, -0.15) is 0 Å². The number of para-hydroxylation sites is 1. The van der Waals surface area contributed by atoms with E-state index in [9.17, 15) is 20.0 Å². The minimum atomic E-state index is -0.851. The van der Waals surface area contributed by atoms with E-state index in [4.69, 9.17) is 0 Å². The number of nitrogens with zero attached hydrogens (tertiary/aromatic N) is 4. The monoisotopic (exact) mass is 396 g/mol. The fraction of sp³-hybridized carbons (Fsp3) is 0.381. The van der Waals surface area contributed by atoms with Gasteiger partial charge in [0.25, 0.3) is 5.69 Å². The topological polar surface area (TPSA) is 90.2 Å². The Balaban J connectivity index is 1.46. The van der Waals surface area contributed by atoms with Crippen molar-refractivity contribution < 1.29 is 14.8 Å². The van der Waals surface area contributed by atoms with E-state index in [-0.39, 0.29) is 11.7 Å². The van der Waals surface area contributed by atoms with E-state index in [0.29, 0.717) is 12.2 Å². The van der Waals surface area contributed by atoms with Crippen molar-refractivity contribution in [3.05, 3.63) is 64.7 Å². The number of piperazine rings is 1. The Morgan fingerprint density at radius 1 is 0.931 bits per heavy atom. The number of hydrogen-bond acceptors (Lipinski definition) is 6. The molecular formula is C21H24N4O4. The SMILES string of the molecule is O=C(O)[C@@H]1C(N2CCN(c3ccccc3)CC2)CCN1c1ccc([N+](=O)[O-])cc1. The van der Waals surface area contributed by atoms with Crippen molar-refractivity contribution >= 4 is 23.0 Å². The van der Waals surface area contributed by atoms with Crippen LogP contribution in [-0.2, 0) is 4.79 Å². The lowest BCUT2D eigenvalue weighted by molar-refractivity contribution is -0.384. The summed E-state index contributed by atoms with van der Waals surface area (Å²) >= 11 is 0. The van der Waals surface area contributed by atoms with Gasteiger partial charge >= 0.3 is 5.97 Å². The lowest BCUT2D eigenvalue weighted by Gasteiger charge is -2.40. The van der Waals surface area contributed by atoms with Gasteiger partial charge in [0.1, 0.15) is 6.04 Å². The molecule has 1 N–H and O–H groups in total. The number of non-ortho nitro benzene ring substituents is 1. The first-order valence-corrected chi connectivity index (χ1v) is 9.82. The van der Waals surface area contributed by atoms with Crippen molar-refractivity contribution in [1.29, 1.82) is 0 Å². The number of nitro groups is 1. The summed E-state index contributed by atoms with van der Waals surface area (Å²) in [5, 5.41) is 20.8. The maximum absolute atomic E-state index is 12.1. The van der Waals surface area contributed by atoms with E-state index in [1.807, 2.05) is 23.1 Å². The summed E-state index contributed by atoms with van der Waals surface area (Å²) < 4.78 is 0. The van der Waals surface area contributed by atoms with Crippen LogP contribution in [0.3, 0.4) is 0 Å². The van der Waals surface area contributed by atoms with Crippen LogP contribution >= 0.6 is 0 Å². The molecule has 0 aliphatic carbocycles. The Bertz CT molecular complexity index is 866. The molecule has 2 aliphatic rings. The highest BCUT2D eigenvalue weighted by atomic mass is 16.6. The largest absolute Gasteiger partial charge is 0.480 e. The molecule has 2 aliphatic heterocycles. The third kappa shape index (κ3) is 3.88. The second-order valence-electron chi connectivity index (χ2n) is 7.46. The Morgan fingerprint density at radius 3 is 2.17 bits per heavy atom. The maximum Gasteiger partial charge on any atom is 0.327 e. The van der Waals surface area contributed by atoms with Crippen molar-refractivity contribution in [1.82, 2.24) is 4.90 Å². The normalized spacial score (nSPS) is 22.6. The highest BCUT2D eigenvalue weighted by Gasteiger charge is 2.43. The summed E-state index contributed by atoms with van der Waals surface area (Å²) in [4.78, 5) is 29.0. The van der Waals surface area contributed by atoms with Gasteiger partial charge in [0.2, 0.25) is 0 Å². The van der Waals surface area contributed by atoms with Crippen LogP contribution in [0.15, 0.2) is 54.6 Å². The molecule has 4 rings (SSSR count). The molecule has 29 heavy (non-hydrogen) atoms. The molecule has 8 heteroatoms. The molecule has 2 fully saturated rings. The van der Waals surface area contributed by atoms with Crippen LogP contribution in [-0.4, -0.2) is 65.7 Å². The molecule has 0 saturated carbocycles. The molecule has 0 radical (unpaired) electrons. The van der Waals surface area contributed by atoms with Gasteiger partial charge < -0.3 is 14.9 Å². The molecule has 0 spiro atoms. The van der Waals surface area contributed by atoms with Crippen LogP contribution in [0.5, 0.6) is 0 Å². The zero-order chi connectivity index (χ0) is 20.4. The average molecular weight is 396 g/mol. The number of aliphatic carboxylic acids is 1. The number of anilines is 2. The molecule has 2 saturated heterocycles. The molecule has 152 valence electrons. The van der Waals surface area contributed by atoms with Crippen molar-refractivity contribution in [3.63, 3.8) is 0 Å². The number of rotatable bonds is 5. The molecule has 0 bridgehead atoms. The summed E-state index contributed by atoms with van der Waals surface area (Å²) in [5.41, 5.74) is 1.92. The zero-order valence-electron chi connectivity index (χ0n) is 16.1. The number of hydrogen-bond donors (Lipinski definition) is 1. The van der Waals surface area contributed by atoms with Crippen molar-refractivity contribution in [2.75, 3.05) is 42.5 Å². The highest BCUT2D eigenvalue weighted by molar-refractivity contribution is 5.80. The predicted molar refractivity (Wildman–Crippen MR) is 110 cm³/mol. The predicted octanol–water partition coefficient (Wildman–Crippen LogP) is 2.45. The van der Waals surface area contributed by atoms with E-state index >= 15 is 0 Å². The Kier molecular flexibility index (Phi) is 5.35. The van der Waals surface area contributed by atoms with Gasteiger partial charge in [-0.15, -0.1) is 0 Å². The van der Waals surface area contributed by atoms with Gasteiger partial charge in [-0.25, -0.2) is 4.79 Å². The van der Waals surface area contributed by atoms with E-state index in [0.717, 1.165) is 32.6 Å². The van der Waals surface area contributed by atoms with E-state index in [2.05, 4.69) is 21.9 Å². The number of carboxylic acid groups (broad SMARTS) is 1. The Morgan fingerprint density at radius 2 is 1.59 bits per heavy atom. The summed E-state index contributed by atoms with van der Waals surface area (Å²) in [7, 11) is 0. The van der Waals surface area contributed by atoms with E-state index in [1.54, 1.807) is 12.1 Å². The lowest BCUT2D eigenvalue weighted by Crippen LogP contribution is -2.56. The number of carboxylic acids is 1. The van der Waals surface area contributed by atoms with Gasteiger partial charge in [0.15, 0.2) is 0 Å². The molecule has 2 aromatic carbocycles. The van der Waals surface area contributed by atoms with E-state index in [1.165, 1.54) is 17.8 Å². The quantitative estimate of drug-likeness (QED) is 0.613. The molecule has 2 heterocycles. The second-order valence-corrected chi connectivity index (χ2v) is 7.46. The summed E-state index contributed by atoms with van der Waals surface area (Å²) in [6.07, 6.45) is 0.763. The van der Waals surface area contributed by atoms with Crippen LogP contribution in [0.4, 0.5) is 17.1 Å². The number of benzene rings is 2. The van der Waals surface area contributed by atoms with Gasteiger partial charge in [-0.3, -0.25) is 15.0 Å². The maximum atomic E-state index is 12.1. The minimum absolute atomic E-state index is 0.00778. The van der Waals surface area contributed by atoms with Gasteiger partial charge in [0, 0.05) is 62.3 Å². The Hall–Kier alpha value is -3.13. The highest BCUT2D eigenvalue weighted by Crippen LogP contribution is 2.31. The van der Waals surface area contributed by atoms with Crippen LogP contribution in [0.2, 0.25) is 0 Å². The van der Waals surface area contributed by atoms with Crippen LogP contribution in [0.1, 0.15) is 6.42 Å². The molecule has 0 aromatic heterocycles. The number of nitro benzene ring substituents is 1. The fourth-order valence-electron chi connectivity index (χ4n) is 4.46. The van der Waals surface area contributed by atoms with Crippen LogP contribution in [0.25, 0.3) is 0 Å². The van der Waals surface area contributed by atoms with Gasteiger partial charge in [0.05, 0.1) is 4.92 Å². The number of carbonyl (C=O) groups is 1. The van der Waals surface area contributed by atoms with Crippen LogP contribution in [0, 0.1) is 10.1 Å². The fourth-order valence-corrected chi connectivity index (χ4v) is 4.46. The molecule has 1 unspecified atom stereocenters. The van der Waals surface area contributed by atoms with Gasteiger partial charge in [-0.1, -0.05) is 18.2 Å². The van der Waals surface area contributed by atoms with Crippen molar-refractivity contribution in [2.24, 2.45) is 0 Å². The standard InChI is InChI=1S/C21H24N4O4/c26-21(27)20-19(10-11-24(20)17-6-8-18(9-7-17)25(28)29)23-14-12-22(13-15-23)16-4-2-1-3-5-16/h1-9,19-20H,10-15H2,(H,26,27)/t19?,20-/m0/s1. The first kappa shape index (κ1) is 19.2. The first-order valence-electron chi connectivity index (χ1n) is 9.82. The summed E-state index contributed by atoms with van der Waals surface area (Å²) in [6.45, 7) is 3.99. The first-order chi connectivity index (χ1) is 14.0. The average Bonchev–Trinajstić information content (AvgIpc) is 3.20. The van der Waals surface area contributed by atoms with Gasteiger partial charge in [-0.05, 0) is 30.7 Å². The van der Waals surface area contributed by atoms with Crippen molar-refractivity contribution in [2.45, 2.75) is 18.5 Å². The summed E-state index contributed by atoms with van der Waals surface area (Å²) in [6, 6.07) is 15.7. The summed E-state index contributed by atoms with van der Waals surface area (Å²) in [5.74, 6) is -0.851. The second kappa shape index (κ2) is 8.08. The van der Waals surface area contributed by atoms with Crippen molar-refractivity contribution in [3.8, 4) is 0 Å².